The first-order valence-corrected chi connectivity index (χ1v) is 8.05. The van der Waals surface area contributed by atoms with E-state index in [0.717, 1.165) is 11.3 Å². The average Bonchev–Trinajstić information content (AvgIpc) is 3.11. The lowest BCUT2D eigenvalue weighted by molar-refractivity contribution is 0.880. The summed E-state index contributed by atoms with van der Waals surface area (Å²) < 4.78 is 1.76. The molecule has 0 amide bonds. The SMILES string of the molecule is O=c1[nH]c(/C(Cl)=C/c2cnn(-c3ccccc3)c2)nc2ccccc12. The monoisotopic (exact) mass is 348 g/mol. The summed E-state index contributed by atoms with van der Waals surface area (Å²) in [5.41, 5.74) is 2.15. The lowest BCUT2D eigenvalue weighted by Crippen LogP contribution is -2.10. The third-order valence-corrected chi connectivity index (χ3v) is 4.04. The fourth-order valence-corrected chi connectivity index (χ4v) is 2.76. The first kappa shape index (κ1) is 15.4. The van der Waals surface area contributed by atoms with Crippen molar-refractivity contribution >= 4 is 33.6 Å². The van der Waals surface area contributed by atoms with Gasteiger partial charge in [0, 0.05) is 11.8 Å². The minimum absolute atomic E-state index is 0.216. The lowest BCUT2D eigenvalue weighted by Gasteiger charge is -2.01. The molecule has 2 aromatic heterocycles. The van der Waals surface area contributed by atoms with E-state index in [2.05, 4.69) is 15.1 Å². The van der Waals surface area contributed by atoms with Crippen LogP contribution >= 0.6 is 11.6 Å². The molecule has 4 rings (SSSR count). The van der Waals surface area contributed by atoms with Gasteiger partial charge < -0.3 is 4.98 Å². The summed E-state index contributed by atoms with van der Waals surface area (Å²) in [6, 6.07) is 16.9. The molecule has 0 aliphatic heterocycles. The number of fused-ring (bicyclic) bond motifs is 1. The van der Waals surface area contributed by atoms with Crippen LogP contribution in [0.4, 0.5) is 0 Å². The Morgan fingerprint density at radius 2 is 1.84 bits per heavy atom. The zero-order valence-corrected chi connectivity index (χ0v) is 13.8. The molecule has 0 saturated carbocycles. The summed E-state index contributed by atoms with van der Waals surface area (Å²) in [4.78, 5) is 19.3. The van der Waals surface area contributed by atoms with E-state index < -0.39 is 0 Å². The molecule has 0 atom stereocenters. The predicted octanol–water partition coefficient (Wildman–Crippen LogP) is 3.85. The maximum atomic E-state index is 12.1. The van der Waals surface area contributed by atoms with Gasteiger partial charge in [0.15, 0.2) is 5.82 Å². The Morgan fingerprint density at radius 1 is 1.08 bits per heavy atom. The molecule has 2 heterocycles. The number of hydrogen-bond donors (Lipinski definition) is 1. The van der Waals surface area contributed by atoms with Crippen LogP contribution in [0.2, 0.25) is 0 Å². The molecule has 0 unspecified atom stereocenters. The van der Waals surface area contributed by atoms with E-state index in [0.29, 0.717) is 21.8 Å². The summed E-state index contributed by atoms with van der Waals surface area (Å²) in [7, 11) is 0. The van der Waals surface area contributed by atoms with Crippen LogP contribution in [0.3, 0.4) is 0 Å². The van der Waals surface area contributed by atoms with Gasteiger partial charge in [-0.1, -0.05) is 41.9 Å². The fourth-order valence-electron chi connectivity index (χ4n) is 2.55. The van der Waals surface area contributed by atoms with Gasteiger partial charge in [-0.2, -0.15) is 5.10 Å². The zero-order valence-electron chi connectivity index (χ0n) is 13.1. The van der Waals surface area contributed by atoms with Crippen molar-refractivity contribution in [2.75, 3.05) is 0 Å². The molecule has 4 aromatic rings. The predicted molar refractivity (Wildman–Crippen MR) is 99.7 cm³/mol. The third kappa shape index (κ3) is 3.09. The Balaban J connectivity index is 1.70. The molecule has 0 radical (unpaired) electrons. The normalized spacial score (nSPS) is 11.8. The highest BCUT2D eigenvalue weighted by Gasteiger charge is 2.07. The molecular formula is C19H13ClN4O. The standard InChI is InChI=1S/C19H13ClN4O/c20-16(18-22-17-9-5-4-8-15(17)19(25)23-18)10-13-11-21-24(12-13)14-6-2-1-3-7-14/h1-12H,(H,22,23,25)/b16-10-. The second-order valence-electron chi connectivity index (χ2n) is 5.48. The highest BCUT2D eigenvalue weighted by Crippen LogP contribution is 2.20. The molecule has 0 saturated heterocycles. The van der Waals surface area contributed by atoms with Crippen molar-refractivity contribution in [3.05, 3.63) is 88.7 Å². The third-order valence-electron chi connectivity index (χ3n) is 3.76. The summed E-state index contributed by atoms with van der Waals surface area (Å²) in [6.45, 7) is 0. The molecule has 0 aliphatic carbocycles. The maximum Gasteiger partial charge on any atom is 0.259 e. The number of aromatic nitrogens is 4. The van der Waals surface area contributed by atoms with E-state index >= 15 is 0 Å². The van der Waals surface area contributed by atoms with Gasteiger partial charge in [-0.3, -0.25) is 4.79 Å². The molecule has 0 aliphatic rings. The fraction of sp³-hybridized carbons (Fsp3) is 0. The Hall–Kier alpha value is -3.18. The van der Waals surface area contributed by atoms with Crippen LogP contribution in [0.25, 0.3) is 27.7 Å². The number of rotatable bonds is 3. The number of H-pyrrole nitrogens is 1. The van der Waals surface area contributed by atoms with Crippen LogP contribution in [0.1, 0.15) is 11.4 Å². The first-order chi connectivity index (χ1) is 12.2. The molecule has 6 heteroatoms. The zero-order chi connectivity index (χ0) is 17.2. The molecule has 122 valence electrons. The van der Waals surface area contributed by atoms with Gasteiger partial charge in [0.25, 0.3) is 5.56 Å². The van der Waals surface area contributed by atoms with Gasteiger partial charge in [0.2, 0.25) is 0 Å². The number of nitrogens with one attached hydrogen (secondary N) is 1. The maximum absolute atomic E-state index is 12.1. The van der Waals surface area contributed by atoms with E-state index in [1.54, 1.807) is 35.2 Å². The summed E-state index contributed by atoms with van der Waals surface area (Å²) in [5.74, 6) is 0.331. The van der Waals surface area contributed by atoms with E-state index in [-0.39, 0.29) is 5.56 Å². The Morgan fingerprint density at radius 3 is 2.68 bits per heavy atom. The van der Waals surface area contributed by atoms with Gasteiger partial charge in [-0.05, 0) is 30.3 Å². The minimum Gasteiger partial charge on any atom is -0.305 e. The highest BCUT2D eigenvalue weighted by atomic mass is 35.5. The van der Waals surface area contributed by atoms with E-state index in [1.807, 2.05) is 42.6 Å². The molecule has 5 nitrogen and oxygen atoms in total. The molecule has 0 fully saturated rings. The van der Waals surface area contributed by atoms with Crippen LogP contribution in [-0.4, -0.2) is 19.7 Å². The smallest absolute Gasteiger partial charge is 0.259 e. The van der Waals surface area contributed by atoms with Crippen LogP contribution in [-0.2, 0) is 0 Å². The van der Waals surface area contributed by atoms with Crippen LogP contribution in [0.5, 0.6) is 0 Å². The van der Waals surface area contributed by atoms with Gasteiger partial charge in [-0.25, -0.2) is 9.67 Å². The lowest BCUT2D eigenvalue weighted by atomic mass is 10.2. The number of para-hydroxylation sites is 2. The number of halogens is 1. The van der Waals surface area contributed by atoms with Gasteiger partial charge in [0.05, 0.1) is 27.8 Å². The van der Waals surface area contributed by atoms with Gasteiger partial charge in [0.1, 0.15) is 0 Å². The van der Waals surface area contributed by atoms with Crippen LogP contribution in [0, 0.1) is 0 Å². The molecule has 25 heavy (non-hydrogen) atoms. The summed E-state index contributed by atoms with van der Waals surface area (Å²) in [6.07, 6.45) is 5.28. The van der Waals surface area contributed by atoms with Crippen molar-refractivity contribution in [2.24, 2.45) is 0 Å². The summed E-state index contributed by atoms with van der Waals surface area (Å²) >= 11 is 6.36. The van der Waals surface area contributed by atoms with Crippen LogP contribution < -0.4 is 5.56 Å². The van der Waals surface area contributed by atoms with Crippen molar-refractivity contribution in [3.63, 3.8) is 0 Å². The van der Waals surface area contributed by atoms with E-state index in [1.165, 1.54) is 0 Å². The van der Waals surface area contributed by atoms with Crippen molar-refractivity contribution in [3.8, 4) is 5.69 Å². The molecular weight excluding hydrogens is 336 g/mol. The number of nitrogens with zero attached hydrogens (tertiary/aromatic N) is 3. The van der Waals surface area contributed by atoms with Crippen LogP contribution in [0.15, 0.2) is 71.8 Å². The Labute approximate surface area is 148 Å². The van der Waals surface area contributed by atoms with Crippen molar-refractivity contribution in [2.45, 2.75) is 0 Å². The quantitative estimate of drug-likeness (QED) is 0.611. The molecule has 0 spiro atoms. The molecule has 1 N–H and O–H groups in total. The largest absolute Gasteiger partial charge is 0.305 e. The molecule has 0 bridgehead atoms. The van der Waals surface area contributed by atoms with E-state index in [4.69, 9.17) is 11.6 Å². The Bertz CT molecular complexity index is 1130. The molecule has 2 aromatic carbocycles. The second kappa shape index (κ2) is 6.37. The first-order valence-electron chi connectivity index (χ1n) is 7.67. The topological polar surface area (TPSA) is 63.6 Å². The second-order valence-corrected chi connectivity index (χ2v) is 5.88. The highest BCUT2D eigenvalue weighted by molar-refractivity contribution is 6.50. The summed E-state index contributed by atoms with van der Waals surface area (Å²) in [5, 5.41) is 5.20. The van der Waals surface area contributed by atoms with Crippen molar-refractivity contribution in [1.82, 2.24) is 19.7 Å². The number of hydrogen-bond acceptors (Lipinski definition) is 3. The number of aromatic amines is 1. The average molecular weight is 349 g/mol. The van der Waals surface area contributed by atoms with Gasteiger partial charge in [-0.15, -0.1) is 0 Å². The van der Waals surface area contributed by atoms with Crippen molar-refractivity contribution in [1.29, 1.82) is 0 Å². The number of benzene rings is 2. The Kier molecular flexibility index (Phi) is 3.91. The van der Waals surface area contributed by atoms with Crippen molar-refractivity contribution < 1.29 is 0 Å². The minimum atomic E-state index is -0.216. The van der Waals surface area contributed by atoms with E-state index in [9.17, 15) is 4.79 Å². The van der Waals surface area contributed by atoms with Gasteiger partial charge >= 0.3 is 0 Å².